The van der Waals surface area contributed by atoms with Crippen LogP contribution < -0.4 is 16.6 Å². The lowest BCUT2D eigenvalue weighted by Crippen LogP contribution is -2.31. The van der Waals surface area contributed by atoms with Crippen LogP contribution in [0.15, 0.2) is 6.20 Å². The second-order valence-electron chi connectivity index (χ2n) is 4.68. The van der Waals surface area contributed by atoms with Gasteiger partial charge in [-0.2, -0.15) is 0 Å². The van der Waals surface area contributed by atoms with E-state index in [-0.39, 0.29) is 29.6 Å². The van der Waals surface area contributed by atoms with E-state index in [4.69, 9.17) is 5.84 Å². The van der Waals surface area contributed by atoms with Gasteiger partial charge in [-0.3, -0.25) is 10.6 Å². The summed E-state index contributed by atoms with van der Waals surface area (Å²) in [4.78, 5) is 20.2. The van der Waals surface area contributed by atoms with Gasteiger partial charge >= 0.3 is 0 Å². The highest BCUT2D eigenvalue weighted by Gasteiger charge is 2.16. The largest absolute Gasteiger partial charge is 0.350 e. The molecule has 0 aliphatic heterocycles. The van der Waals surface area contributed by atoms with Gasteiger partial charge in [-0.05, 0) is 0 Å². The molecule has 0 spiro atoms. The first-order valence-corrected chi connectivity index (χ1v) is 8.10. The van der Waals surface area contributed by atoms with E-state index in [1.807, 2.05) is 13.8 Å². The molecule has 0 aliphatic carbocycles. The average Bonchev–Trinajstić information content (AvgIpc) is 2.36. The number of hydrogen-bond acceptors (Lipinski definition) is 7. The third-order valence-corrected chi connectivity index (χ3v) is 3.40. The van der Waals surface area contributed by atoms with E-state index < -0.39 is 15.7 Å². The van der Waals surface area contributed by atoms with Gasteiger partial charge in [0.1, 0.15) is 15.7 Å². The summed E-state index contributed by atoms with van der Waals surface area (Å²) in [6.45, 7) is 3.81. The van der Waals surface area contributed by atoms with Crippen LogP contribution in [0.3, 0.4) is 0 Å². The molecule has 9 heteroatoms. The first kappa shape index (κ1) is 16.3. The van der Waals surface area contributed by atoms with Crippen LogP contribution >= 0.6 is 0 Å². The Morgan fingerprint density at radius 1 is 1.45 bits per heavy atom. The molecule has 1 aromatic heterocycles. The minimum absolute atomic E-state index is 0.0166. The van der Waals surface area contributed by atoms with Crippen molar-refractivity contribution >= 4 is 21.4 Å². The van der Waals surface area contributed by atoms with Crippen molar-refractivity contribution in [2.45, 2.75) is 19.8 Å². The van der Waals surface area contributed by atoms with Crippen LogP contribution in [0.5, 0.6) is 0 Å². The summed E-state index contributed by atoms with van der Waals surface area (Å²) in [5.74, 6) is 5.25. The fourth-order valence-electron chi connectivity index (χ4n) is 1.39. The number of nitrogens with zero attached hydrogens (tertiary/aromatic N) is 2. The molecule has 1 amide bonds. The van der Waals surface area contributed by atoms with E-state index in [1.54, 1.807) is 0 Å². The maximum atomic E-state index is 12.0. The van der Waals surface area contributed by atoms with Gasteiger partial charge in [0.15, 0.2) is 5.69 Å². The molecule has 20 heavy (non-hydrogen) atoms. The fraction of sp³-hybridized carbons (Fsp3) is 0.545. The van der Waals surface area contributed by atoms with Gasteiger partial charge in [0, 0.05) is 18.7 Å². The molecule has 0 unspecified atom stereocenters. The lowest BCUT2D eigenvalue weighted by molar-refractivity contribution is 0.0951. The SMILES string of the molecule is CC(C)c1ncc(NN)c(C(=O)NCCS(C)(=O)=O)n1. The van der Waals surface area contributed by atoms with Crippen molar-refractivity contribution in [3.05, 3.63) is 17.7 Å². The zero-order valence-corrected chi connectivity index (χ0v) is 12.5. The smallest absolute Gasteiger partial charge is 0.272 e. The zero-order chi connectivity index (χ0) is 15.3. The zero-order valence-electron chi connectivity index (χ0n) is 11.7. The Kier molecular flexibility index (Phi) is 5.40. The predicted molar refractivity (Wildman–Crippen MR) is 76.0 cm³/mol. The van der Waals surface area contributed by atoms with E-state index in [0.29, 0.717) is 5.82 Å². The molecule has 0 aliphatic rings. The number of rotatable bonds is 6. The van der Waals surface area contributed by atoms with Crippen molar-refractivity contribution in [2.75, 3.05) is 24.0 Å². The first-order valence-electron chi connectivity index (χ1n) is 6.04. The number of hydrazine groups is 1. The molecule has 0 bridgehead atoms. The van der Waals surface area contributed by atoms with E-state index in [1.165, 1.54) is 6.20 Å². The van der Waals surface area contributed by atoms with Crippen molar-refractivity contribution in [1.82, 2.24) is 15.3 Å². The van der Waals surface area contributed by atoms with Crippen LogP contribution in [0.2, 0.25) is 0 Å². The molecular weight excluding hydrogens is 282 g/mol. The van der Waals surface area contributed by atoms with Gasteiger partial charge in [0.2, 0.25) is 0 Å². The lowest BCUT2D eigenvalue weighted by Gasteiger charge is -2.11. The number of anilines is 1. The van der Waals surface area contributed by atoms with Crippen LogP contribution in [-0.4, -0.2) is 42.8 Å². The van der Waals surface area contributed by atoms with Crippen LogP contribution in [0.25, 0.3) is 0 Å². The molecule has 0 fully saturated rings. The second-order valence-corrected chi connectivity index (χ2v) is 6.94. The monoisotopic (exact) mass is 301 g/mol. The fourth-order valence-corrected chi connectivity index (χ4v) is 1.86. The Morgan fingerprint density at radius 3 is 2.60 bits per heavy atom. The summed E-state index contributed by atoms with van der Waals surface area (Å²) in [6, 6.07) is 0. The molecule has 8 nitrogen and oxygen atoms in total. The quantitative estimate of drug-likeness (QED) is 0.484. The van der Waals surface area contributed by atoms with Gasteiger partial charge in [0.25, 0.3) is 5.91 Å². The van der Waals surface area contributed by atoms with Gasteiger partial charge in [-0.15, -0.1) is 0 Å². The van der Waals surface area contributed by atoms with Gasteiger partial charge in [0.05, 0.1) is 17.6 Å². The van der Waals surface area contributed by atoms with Crippen molar-refractivity contribution in [2.24, 2.45) is 5.84 Å². The van der Waals surface area contributed by atoms with E-state index in [0.717, 1.165) is 6.26 Å². The third kappa shape index (κ3) is 4.74. The lowest BCUT2D eigenvalue weighted by atomic mass is 10.2. The third-order valence-electron chi connectivity index (χ3n) is 2.45. The normalized spacial score (nSPS) is 11.4. The minimum atomic E-state index is -3.13. The first-order chi connectivity index (χ1) is 9.24. The van der Waals surface area contributed by atoms with Crippen LogP contribution in [0.1, 0.15) is 36.1 Å². The maximum Gasteiger partial charge on any atom is 0.272 e. The van der Waals surface area contributed by atoms with E-state index >= 15 is 0 Å². The molecule has 0 radical (unpaired) electrons. The highest BCUT2D eigenvalue weighted by Crippen LogP contribution is 2.15. The summed E-state index contributed by atoms with van der Waals surface area (Å²) in [6.07, 6.45) is 2.53. The molecule has 1 rings (SSSR count). The number of carbonyl (C=O) groups excluding carboxylic acids is 1. The van der Waals surface area contributed by atoms with Crippen LogP contribution in [0.4, 0.5) is 5.69 Å². The number of amides is 1. The molecule has 0 aromatic carbocycles. The van der Waals surface area contributed by atoms with E-state index in [2.05, 4.69) is 20.7 Å². The van der Waals surface area contributed by atoms with Crippen molar-refractivity contribution < 1.29 is 13.2 Å². The Labute approximate surface area is 118 Å². The summed E-state index contributed by atoms with van der Waals surface area (Å²) < 4.78 is 22.0. The minimum Gasteiger partial charge on any atom is -0.350 e. The summed E-state index contributed by atoms with van der Waals surface area (Å²) in [5, 5.41) is 2.49. The standard InChI is InChI=1S/C11H19N5O3S/c1-7(2)10-14-6-8(16-12)9(15-10)11(17)13-4-5-20(3,18)19/h6-7,16H,4-5,12H2,1-3H3,(H,13,17). The molecule has 1 aromatic rings. The highest BCUT2D eigenvalue weighted by molar-refractivity contribution is 7.90. The Bertz CT molecular complexity index is 586. The summed E-state index contributed by atoms with van der Waals surface area (Å²) in [5.41, 5.74) is 2.73. The molecule has 0 saturated carbocycles. The van der Waals surface area contributed by atoms with Crippen LogP contribution in [-0.2, 0) is 9.84 Å². The predicted octanol–water partition coefficient (Wildman–Crippen LogP) is -0.340. The number of hydrogen-bond donors (Lipinski definition) is 3. The summed E-state index contributed by atoms with van der Waals surface area (Å²) in [7, 11) is -3.13. The summed E-state index contributed by atoms with van der Waals surface area (Å²) >= 11 is 0. The molecule has 0 atom stereocenters. The average molecular weight is 301 g/mol. The van der Waals surface area contributed by atoms with Crippen molar-refractivity contribution in [1.29, 1.82) is 0 Å². The second kappa shape index (κ2) is 6.62. The number of sulfone groups is 1. The van der Waals surface area contributed by atoms with Gasteiger partial charge in [-0.1, -0.05) is 13.8 Å². The van der Waals surface area contributed by atoms with Gasteiger partial charge < -0.3 is 10.7 Å². The number of aromatic nitrogens is 2. The van der Waals surface area contributed by atoms with Crippen LogP contribution in [0, 0.1) is 0 Å². The molecule has 1 heterocycles. The van der Waals surface area contributed by atoms with E-state index in [9.17, 15) is 13.2 Å². The Morgan fingerprint density at radius 2 is 2.10 bits per heavy atom. The topological polar surface area (TPSA) is 127 Å². The van der Waals surface area contributed by atoms with Gasteiger partial charge in [-0.25, -0.2) is 18.4 Å². The number of nitrogens with two attached hydrogens (primary N) is 1. The number of carbonyl (C=O) groups is 1. The maximum absolute atomic E-state index is 12.0. The molecule has 4 N–H and O–H groups in total. The number of nitrogens with one attached hydrogen (secondary N) is 2. The molecule has 112 valence electrons. The Balaban J connectivity index is 2.87. The Hall–Kier alpha value is -1.74. The highest BCUT2D eigenvalue weighted by atomic mass is 32.2. The number of nitrogen functional groups attached to an aromatic ring is 1. The molecular formula is C11H19N5O3S. The van der Waals surface area contributed by atoms with Crippen molar-refractivity contribution in [3.63, 3.8) is 0 Å². The molecule has 0 saturated heterocycles. The van der Waals surface area contributed by atoms with Crippen molar-refractivity contribution in [3.8, 4) is 0 Å².